The fourth-order valence-electron chi connectivity index (χ4n) is 1.71. The number of benzene rings is 2. The highest BCUT2D eigenvalue weighted by Gasteiger charge is 2.07. The van der Waals surface area contributed by atoms with Crippen molar-refractivity contribution < 1.29 is 23.0 Å². The summed E-state index contributed by atoms with van der Waals surface area (Å²) in [6, 6.07) is 9.93. The van der Waals surface area contributed by atoms with E-state index < -0.39 is 17.5 Å². The van der Waals surface area contributed by atoms with Crippen LogP contribution in [0.4, 0.5) is 14.5 Å². The van der Waals surface area contributed by atoms with Gasteiger partial charge in [-0.25, -0.2) is 8.78 Å². The maximum Gasteiger partial charge on any atom is 0.262 e. The molecule has 22 heavy (non-hydrogen) atoms. The molecule has 0 bridgehead atoms. The van der Waals surface area contributed by atoms with Crippen molar-refractivity contribution >= 4 is 11.6 Å². The molecule has 0 saturated carbocycles. The van der Waals surface area contributed by atoms with E-state index >= 15 is 0 Å². The van der Waals surface area contributed by atoms with E-state index in [-0.39, 0.29) is 12.4 Å². The van der Waals surface area contributed by atoms with Gasteiger partial charge in [-0.3, -0.25) is 4.79 Å². The van der Waals surface area contributed by atoms with E-state index in [2.05, 4.69) is 5.32 Å². The van der Waals surface area contributed by atoms with Gasteiger partial charge in [0.2, 0.25) is 0 Å². The summed E-state index contributed by atoms with van der Waals surface area (Å²) in [5.74, 6) is -1.61. The molecule has 2 rings (SSSR count). The summed E-state index contributed by atoms with van der Waals surface area (Å²) in [5, 5.41) is 2.62. The Balaban J connectivity index is 1.85. The second-order valence-corrected chi connectivity index (χ2v) is 4.37. The summed E-state index contributed by atoms with van der Waals surface area (Å²) in [6.45, 7) is 2.14. The van der Waals surface area contributed by atoms with Gasteiger partial charge >= 0.3 is 0 Å². The molecule has 0 aromatic heterocycles. The molecular weight excluding hydrogens is 292 g/mol. The molecule has 2 aromatic carbocycles. The average Bonchev–Trinajstić information content (AvgIpc) is 2.51. The van der Waals surface area contributed by atoms with Crippen molar-refractivity contribution in [3.8, 4) is 11.5 Å². The van der Waals surface area contributed by atoms with Gasteiger partial charge in [-0.1, -0.05) is 0 Å². The number of hydrogen-bond donors (Lipinski definition) is 1. The van der Waals surface area contributed by atoms with Gasteiger partial charge in [-0.05, 0) is 43.3 Å². The van der Waals surface area contributed by atoms with Crippen LogP contribution in [-0.2, 0) is 4.79 Å². The number of nitrogens with one attached hydrogen (secondary N) is 1. The lowest BCUT2D eigenvalue weighted by atomic mass is 10.3. The first-order chi connectivity index (χ1) is 10.6. The molecular formula is C16H15F2NO3. The molecule has 0 aliphatic heterocycles. The average molecular weight is 307 g/mol. The molecule has 0 aliphatic rings. The number of anilines is 1. The van der Waals surface area contributed by atoms with Gasteiger partial charge in [-0.15, -0.1) is 0 Å². The van der Waals surface area contributed by atoms with Gasteiger partial charge in [0.15, 0.2) is 18.2 Å². The molecule has 6 heteroatoms. The Morgan fingerprint density at radius 3 is 2.32 bits per heavy atom. The topological polar surface area (TPSA) is 47.6 Å². The van der Waals surface area contributed by atoms with Gasteiger partial charge in [0.1, 0.15) is 11.5 Å². The zero-order chi connectivity index (χ0) is 15.9. The van der Waals surface area contributed by atoms with Crippen molar-refractivity contribution in [1.82, 2.24) is 0 Å². The van der Waals surface area contributed by atoms with Crippen LogP contribution in [0.1, 0.15) is 6.92 Å². The molecule has 116 valence electrons. The van der Waals surface area contributed by atoms with Crippen LogP contribution in [-0.4, -0.2) is 19.1 Å². The fourth-order valence-corrected chi connectivity index (χ4v) is 1.71. The molecule has 4 nitrogen and oxygen atoms in total. The van der Waals surface area contributed by atoms with Crippen LogP contribution in [0.3, 0.4) is 0 Å². The molecule has 1 N–H and O–H groups in total. The molecule has 0 atom stereocenters. The lowest BCUT2D eigenvalue weighted by molar-refractivity contribution is -0.118. The summed E-state index contributed by atoms with van der Waals surface area (Å²) < 4.78 is 36.1. The van der Waals surface area contributed by atoms with E-state index in [0.29, 0.717) is 18.0 Å². The lowest BCUT2D eigenvalue weighted by Crippen LogP contribution is -2.20. The van der Waals surface area contributed by atoms with Crippen LogP contribution >= 0.6 is 0 Å². The number of carbonyl (C=O) groups excluding carboxylic acids is 1. The Labute approximate surface area is 126 Å². The minimum absolute atomic E-state index is 0.0840. The molecule has 0 radical (unpaired) electrons. The molecule has 0 heterocycles. The Hall–Kier alpha value is -2.63. The quantitative estimate of drug-likeness (QED) is 0.890. The highest BCUT2D eigenvalue weighted by molar-refractivity contribution is 5.91. The fraction of sp³-hybridized carbons (Fsp3) is 0.188. The van der Waals surface area contributed by atoms with Crippen LogP contribution in [0.15, 0.2) is 42.5 Å². The minimum atomic E-state index is -1.02. The summed E-state index contributed by atoms with van der Waals surface area (Å²) in [6.07, 6.45) is 0. The Bertz CT molecular complexity index is 644. The molecule has 1 amide bonds. The van der Waals surface area contributed by atoms with E-state index in [9.17, 15) is 13.6 Å². The number of hydrogen-bond acceptors (Lipinski definition) is 3. The van der Waals surface area contributed by atoms with Crippen molar-refractivity contribution in [3.63, 3.8) is 0 Å². The zero-order valence-corrected chi connectivity index (χ0v) is 11.9. The first-order valence-corrected chi connectivity index (χ1v) is 6.69. The maximum absolute atomic E-state index is 13.0. The SMILES string of the molecule is CCOc1ccc(NC(=O)COc2ccc(F)c(F)c2)cc1. The van der Waals surface area contributed by atoms with Crippen LogP contribution in [0.25, 0.3) is 0 Å². The summed E-state index contributed by atoms with van der Waals surface area (Å²) in [4.78, 5) is 11.7. The first kappa shape index (κ1) is 15.8. The third kappa shape index (κ3) is 4.44. The van der Waals surface area contributed by atoms with Crippen molar-refractivity contribution in [3.05, 3.63) is 54.1 Å². The van der Waals surface area contributed by atoms with E-state index in [1.165, 1.54) is 6.07 Å². The van der Waals surface area contributed by atoms with Crippen molar-refractivity contribution in [2.24, 2.45) is 0 Å². The van der Waals surface area contributed by atoms with Crippen LogP contribution in [0, 0.1) is 11.6 Å². The molecule has 0 saturated heterocycles. The normalized spacial score (nSPS) is 10.1. The van der Waals surface area contributed by atoms with E-state index in [4.69, 9.17) is 9.47 Å². The largest absolute Gasteiger partial charge is 0.494 e. The van der Waals surface area contributed by atoms with Crippen LogP contribution in [0.5, 0.6) is 11.5 Å². The molecule has 0 fully saturated rings. The highest BCUT2D eigenvalue weighted by Crippen LogP contribution is 2.17. The van der Waals surface area contributed by atoms with E-state index in [1.807, 2.05) is 6.92 Å². The molecule has 0 unspecified atom stereocenters. The predicted molar refractivity (Wildman–Crippen MR) is 78.1 cm³/mol. The van der Waals surface area contributed by atoms with Crippen LogP contribution < -0.4 is 14.8 Å². The summed E-state index contributed by atoms with van der Waals surface area (Å²) in [7, 11) is 0. The summed E-state index contributed by atoms with van der Waals surface area (Å²) >= 11 is 0. The smallest absolute Gasteiger partial charge is 0.262 e. The third-order valence-electron chi connectivity index (χ3n) is 2.71. The molecule has 0 spiro atoms. The first-order valence-electron chi connectivity index (χ1n) is 6.69. The minimum Gasteiger partial charge on any atom is -0.494 e. The number of carbonyl (C=O) groups is 1. The van der Waals surface area contributed by atoms with Gasteiger partial charge in [0.25, 0.3) is 5.91 Å². The number of rotatable bonds is 6. The third-order valence-corrected chi connectivity index (χ3v) is 2.71. The summed E-state index contributed by atoms with van der Waals surface area (Å²) in [5.41, 5.74) is 0.585. The zero-order valence-electron chi connectivity index (χ0n) is 11.9. The number of halogens is 2. The van der Waals surface area contributed by atoms with E-state index in [0.717, 1.165) is 12.1 Å². The van der Waals surface area contributed by atoms with E-state index in [1.54, 1.807) is 24.3 Å². The van der Waals surface area contributed by atoms with Gasteiger partial charge in [-0.2, -0.15) is 0 Å². The highest BCUT2D eigenvalue weighted by atomic mass is 19.2. The van der Waals surface area contributed by atoms with Gasteiger partial charge in [0, 0.05) is 11.8 Å². The second kappa shape index (κ2) is 7.40. The van der Waals surface area contributed by atoms with Crippen LogP contribution in [0.2, 0.25) is 0 Å². The number of amides is 1. The van der Waals surface area contributed by atoms with Crippen molar-refractivity contribution in [1.29, 1.82) is 0 Å². The van der Waals surface area contributed by atoms with Gasteiger partial charge < -0.3 is 14.8 Å². The Morgan fingerprint density at radius 2 is 1.68 bits per heavy atom. The van der Waals surface area contributed by atoms with Gasteiger partial charge in [0.05, 0.1) is 6.61 Å². The maximum atomic E-state index is 13.0. The second-order valence-electron chi connectivity index (χ2n) is 4.37. The molecule has 2 aromatic rings. The Kier molecular flexibility index (Phi) is 5.30. The monoisotopic (exact) mass is 307 g/mol. The predicted octanol–water partition coefficient (Wildman–Crippen LogP) is 3.38. The standard InChI is InChI=1S/C16H15F2NO3/c1-2-21-12-5-3-11(4-6-12)19-16(20)10-22-13-7-8-14(17)15(18)9-13/h3-9H,2,10H2,1H3,(H,19,20). The lowest BCUT2D eigenvalue weighted by Gasteiger charge is -2.08. The number of ether oxygens (including phenoxy) is 2. The van der Waals surface area contributed by atoms with Crippen molar-refractivity contribution in [2.45, 2.75) is 6.92 Å². The molecule has 0 aliphatic carbocycles. The van der Waals surface area contributed by atoms with Crippen molar-refractivity contribution in [2.75, 3.05) is 18.5 Å². The Morgan fingerprint density at radius 1 is 1.00 bits per heavy atom.